The highest BCUT2D eigenvalue weighted by Gasteiger charge is 2.39. The van der Waals surface area contributed by atoms with Crippen molar-refractivity contribution in [3.8, 4) is 5.75 Å². The summed E-state index contributed by atoms with van der Waals surface area (Å²) in [5, 5.41) is 12.6. The van der Waals surface area contributed by atoms with Crippen LogP contribution in [0.4, 0.5) is 0 Å². The van der Waals surface area contributed by atoms with Gasteiger partial charge in [0, 0.05) is 6.42 Å². The summed E-state index contributed by atoms with van der Waals surface area (Å²) in [6, 6.07) is 24.9. The molecule has 0 radical (unpaired) electrons. The van der Waals surface area contributed by atoms with Crippen LogP contribution < -0.4 is 10.1 Å². The maximum atomic E-state index is 13.5. The molecular formula is C25H25NO4. The summed E-state index contributed by atoms with van der Waals surface area (Å²) in [5.41, 5.74) is 1.25. The SMILES string of the molecule is COc1ccccc1C[C@@H](NC(=O)C(C)(c1ccccc1)c1ccccc1)C(=O)O. The molecule has 0 spiro atoms. The van der Waals surface area contributed by atoms with E-state index in [-0.39, 0.29) is 12.3 Å². The second-order valence-electron chi connectivity index (χ2n) is 7.24. The molecule has 2 N–H and O–H groups in total. The lowest BCUT2D eigenvalue weighted by Gasteiger charge is -2.31. The maximum Gasteiger partial charge on any atom is 0.326 e. The quantitative estimate of drug-likeness (QED) is 0.600. The Labute approximate surface area is 176 Å². The molecule has 5 nitrogen and oxygen atoms in total. The number of carbonyl (C=O) groups excluding carboxylic acids is 1. The van der Waals surface area contributed by atoms with Gasteiger partial charge in [0.1, 0.15) is 11.8 Å². The van der Waals surface area contributed by atoms with Crippen molar-refractivity contribution in [2.24, 2.45) is 0 Å². The topological polar surface area (TPSA) is 75.6 Å². The van der Waals surface area contributed by atoms with Gasteiger partial charge in [0.15, 0.2) is 0 Å². The third-order valence-electron chi connectivity index (χ3n) is 5.38. The number of hydrogen-bond donors (Lipinski definition) is 2. The molecule has 3 rings (SSSR count). The fraction of sp³-hybridized carbons (Fsp3) is 0.200. The smallest absolute Gasteiger partial charge is 0.326 e. The van der Waals surface area contributed by atoms with Crippen LogP contribution in [0, 0.1) is 0 Å². The maximum absolute atomic E-state index is 13.5. The molecule has 0 aliphatic heterocycles. The summed E-state index contributed by atoms with van der Waals surface area (Å²) in [6.45, 7) is 1.81. The number of benzene rings is 3. The minimum Gasteiger partial charge on any atom is -0.496 e. The molecule has 3 aromatic rings. The Bertz CT molecular complexity index is 962. The lowest BCUT2D eigenvalue weighted by molar-refractivity contribution is -0.142. The van der Waals surface area contributed by atoms with E-state index in [0.717, 1.165) is 11.1 Å². The number of para-hydroxylation sites is 1. The van der Waals surface area contributed by atoms with Crippen LogP contribution in [-0.2, 0) is 21.4 Å². The van der Waals surface area contributed by atoms with E-state index in [0.29, 0.717) is 11.3 Å². The lowest BCUT2D eigenvalue weighted by atomic mass is 9.75. The van der Waals surface area contributed by atoms with Crippen LogP contribution in [-0.4, -0.2) is 30.1 Å². The van der Waals surface area contributed by atoms with Gasteiger partial charge in [-0.05, 0) is 29.7 Å². The van der Waals surface area contributed by atoms with Crippen molar-refractivity contribution in [2.75, 3.05) is 7.11 Å². The number of methoxy groups -OCH3 is 1. The zero-order valence-corrected chi connectivity index (χ0v) is 17.0. The number of carboxylic acids is 1. The first-order chi connectivity index (χ1) is 14.5. The van der Waals surface area contributed by atoms with Crippen molar-refractivity contribution >= 4 is 11.9 Å². The fourth-order valence-corrected chi connectivity index (χ4v) is 3.57. The number of carboxylic acid groups (broad SMARTS) is 1. The molecular weight excluding hydrogens is 378 g/mol. The van der Waals surface area contributed by atoms with E-state index in [1.807, 2.05) is 79.7 Å². The number of nitrogens with one attached hydrogen (secondary N) is 1. The van der Waals surface area contributed by atoms with Gasteiger partial charge >= 0.3 is 5.97 Å². The second kappa shape index (κ2) is 9.27. The highest BCUT2D eigenvalue weighted by Crippen LogP contribution is 2.32. The minimum atomic E-state index is -1.10. The lowest BCUT2D eigenvalue weighted by Crippen LogP contribution is -2.50. The Kier molecular flexibility index (Phi) is 6.52. The first-order valence-electron chi connectivity index (χ1n) is 9.73. The third-order valence-corrected chi connectivity index (χ3v) is 5.38. The van der Waals surface area contributed by atoms with E-state index in [9.17, 15) is 14.7 Å². The Morgan fingerprint density at radius 3 is 1.90 bits per heavy atom. The van der Waals surface area contributed by atoms with Crippen molar-refractivity contribution in [3.05, 3.63) is 102 Å². The summed E-state index contributed by atoms with van der Waals surface area (Å²) in [5.74, 6) is -0.883. The van der Waals surface area contributed by atoms with Crippen LogP contribution in [0.3, 0.4) is 0 Å². The highest BCUT2D eigenvalue weighted by atomic mass is 16.5. The minimum absolute atomic E-state index is 0.116. The van der Waals surface area contributed by atoms with Gasteiger partial charge in [-0.2, -0.15) is 0 Å². The molecule has 5 heteroatoms. The molecule has 0 heterocycles. The first-order valence-corrected chi connectivity index (χ1v) is 9.73. The molecule has 3 aromatic carbocycles. The van der Waals surface area contributed by atoms with Crippen LogP contribution in [0.25, 0.3) is 0 Å². The van der Waals surface area contributed by atoms with Gasteiger partial charge < -0.3 is 15.2 Å². The molecule has 30 heavy (non-hydrogen) atoms. The van der Waals surface area contributed by atoms with Crippen molar-refractivity contribution in [1.29, 1.82) is 0 Å². The zero-order chi connectivity index (χ0) is 21.6. The summed E-state index contributed by atoms with van der Waals surface area (Å²) in [4.78, 5) is 25.5. The van der Waals surface area contributed by atoms with Gasteiger partial charge in [0.25, 0.3) is 0 Å². The summed E-state index contributed by atoms with van der Waals surface area (Å²) < 4.78 is 5.33. The van der Waals surface area contributed by atoms with Gasteiger partial charge in [-0.25, -0.2) is 4.79 Å². The standard InChI is InChI=1S/C25H25NO4/c1-25(19-12-5-3-6-13-19,20-14-7-4-8-15-20)24(29)26-21(23(27)28)17-18-11-9-10-16-22(18)30-2/h3-16,21H,17H2,1-2H3,(H,26,29)(H,27,28)/t21-/m1/s1. The predicted molar refractivity (Wildman–Crippen MR) is 116 cm³/mol. The average molecular weight is 403 g/mol. The monoisotopic (exact) mass is 403 g/mol. The molecule has 0 saturated heterocycles. The van der Waals surface area contributed by atoms with Crippen molar-refractivity contribution in [3.63, 3.8) is 0 Å². The van der Waals surface area contributed by atoms with E-state index >= 15 is 0 Å². The van der Waals surface area contributed by atoms with E-state index in [2.05, 4.69) is 5.32 Å². The number of amides is 1. The van der Waals surface area contributed by atoms with Gasteiger partial charge in [0.05, 0.1) is 12.5 Å². The average Bonchev–Trinajstić information content (AvgIpc) is 2.79. The van der Waals surface area contributed by atoms with Crippen LogP contribution >= 0.6 is 0 Å². The molecule has 0 saturated carbocycles. The molecule has 0 unspecified atom stereocenters. The Hall–Kier alpha value is -3.60. The van der Waals surface area contributed by atoms with Crippen molar-refractivity contribution in [2.45, 2.75) is 24.8 Å². The molecule has 1 amide bonds. The van der Waals surface area contributed by atoms with Gasteiger partial charge in [0.2, 0.25) is 5.91 Å². The van der Waals surface area contributed by atoms with E-state index in [1.54, 1.807) is 12.1 Å². The summed E-state index contributed by atoms with van der Waals surface area (Å²) in [6.07, 6.45) is 0.116. The highest BCUT2D eigenvalue weighted by molar-refractivity contribution is 5.94. The Morgan fingerprint density at radius 2 is 1.40 bits per heavy atom. The molecule has 0 fully saturated rings. The predicted octanol–water partition coefficient (Wildman–Crippen LogP) is 3.81. The Morgan fingerprint density at radius 1 is 0.900 bits per heavy atom. The van der Waals surface area contributed by atoms with Crippen LogP contribution in [0.5, 0.6) is 5.75 Å². The molecule has 0 aliphatic carbocycles. The number of aliphatic carboxylic acids is 1. The zero-order valence-electron chi connectivity index (χ0n) is 17.0. The van der Waals surface area contributed by atoms with E-state index in [1.165, 1.54) is 7.11 Å². The normalized spacial score (nSPS) is 12.1. The molecule has 0 aromatic heterocycles. The third kappa shape index (κ3) is 4.35. The Balaban J connectivity index is 1.95. The second-order valence-corrected chi connectivity index (χ2v) is 7.24. The number of hydrogen-bond acceptors (Lipinski definition) is 3. The van der Waals surface area contributed by atoms with Crippen LogP contribution in [0.15, 0.2) is 84.9 Å². The molecule has 0 aliphatic rings. The molecule has 1 atom stereocenters. The number of carbonyl (C=O) groups is 2. The van der Waals surface area contributed by atoms with Crippen LogP contribution in [0.1, 0.15) is 23.6 Å². The number of ether oxygens (including phenoxy) is 1. The largest absolute Gasteiger partial charge is 0.496 e. The van der Waals surface area contributed by atoms with Crippen LogP contribution in [0.2, 0.25) is 0 Å². The number of rotatable bonds is 8. The van der Waals surface area contributed by atoms with E-state index < -0.39 is 17.4 Å². The fourth-order valence-electron chi connectivity index (χ4n) is 3.57. The summed E-state index contributed by atoms with van der Waals surface area (Å²) >= 11 is 0. The van der Waals surface area contributed by atoms with Gasteiger partial charge in [-0.1, -0.05) is 78.9 Å². The van der Waals surface area contributed by atoms with Crippen molar-refractivity contribution < 1.29 is 19.4 Å². The van der Waals surface area contributed by atoms with E-state index in [4.69, 9.17) is 4.74 Å². The van der Waals surface area contributed by atoms with Gasteiger partial charge in [-0.15, -0.1) is 0 Å². The van der Waals surface area contributed by atoms with Crippen molar-refractivity contribution in [1.82, 2.24) is 5.32 Å². The molecule has 154 valence electrons. The first kappa shape index (κ1) is 21.1. The summed E-state index contributed by atoms with van der Waals surface area (Å²) in [7, 11) is 1.54. The van der Waals surface area contributed by atoms with Gasteiger partial charge in [-0.3, -0.25) is 4.79 Å². The molecule has 0 bridgehead atoms.